The van der Waals surface area contributed by atoms with Crippen LogP contribution in [0.15, 0.2) is 36.4 Å². The molecule has 0 atom stereocenters. The van der Waals surface area contributed by atoms with Gasteiger partial charge in [-0.1, -0.05) is 50.2 Å². The average molecular weight is 296 g/mol. The van der Waals surface area contributed by atoms with Crippen LogP contribution in [0.1, 0.15) is 39.5 Å². The van der Waals surface area contributed by atoms with E-state index in [0.717, 1.165) is 12.8 Å². The Hall–Kier alpha value is -1.21. The van der Waals surface area contributed by atoms with Crippen molar-refractivity contribution in [1.29, 1.82) is 0 Å². The van der Waals surface area contributed by atoms with Crippen LogP contribution in [0.25, 0.3) is 0 Å². The van der Waals surface area contributed by atoms with Gasteiger partial charge < -0.3 is 0 Å². The molecule has 0 aliphatic rings. The number of hydrogen-bond acceptors (Lipinski definition) is 0. The fraction of sp³-hybridized carbons (Fsp3) is 0.375. The predicted octanol–water partition coefficient (Wildman–Crippen LogP) is 4.20. The molecule has 1 aromatic carbocycles. The van der Waals surface area contributed by atoms with Crippen molar-refractivity contribution in [3.63, 3.8) is 0 Å². The molecular weight excluding hydrogens is 276 g/mol. The molecule has 0 N–H and O–H groups in total. The Morgan fingerprint density at radius 1 is 0.684 bits per heavy atom. The van der Waals surface area contributed by atoms with E-state index in [4.69, 9.17) is 9.30 Å². The van der Waals surface area contributed by atoms with Gasteiger partial charge in [-0.3, -0.25) is 0 Å². The molecule has 0 amide bonds. The zero-order valence-corrected chi connectivity index (χ0v) is 12.8. The van der Waals surface area contributed by atoms with E-state index in [-0.39, 0.29) is 17.4 Å². The summed E-state index contributed by atoms with van der Waals surface area (Å²) in [5.41, 5.74) is 0. The van der Waals surface area contributed by atoms with Crippen LogP contribution in [0.5, 0.6) is 0 Å². The van der Waals surface area contributed by atoms with Crippen LogP contribution in [0.2, 0.25) is 0 Å². The van der Waals surface area contributed by atoms with E-state index in [1.807, 2.05) is 36.4 Å². The van der Waals surface area contributed by atoms with Crippen LogP contribution in [-0.2, 0) is 26.7 Å². The number of unbranched alkanes of at least 4 members (excludes halogenated alkanes) is 2. The third-order valence-corrected chi connectivity index (χ3v) is 1.54. The van der Waals surface area contributed by atoms with E-state index in [2.05, 4.69) is 39.0 Å². The molecule has 1 aromatic rings. The third-order valence-electron chi connectivity index (χ3n) is 1.54. The second kappa shape index (κ2) is 36.0. The Balaban J connectivity index is -0.0000000912. The van der Waals surface area contributed by atoms with E-state index in [0.29, 0.717) is 0 Å². The first-order valence-corrected chi connectivity index (χ1v) is 5.78. The first kappa shape index (κ1) is 26.4. The molecule has 1 rings (SSSR count). The summed E-state index contributed by atoms with van der Waals surface area (Å²) in [6, 6.07) is 12.0. The summed E-state index contributed by atoms with van der Waals surface area (Å²) in [4.78, 5) is 0. The van der Waals surface area contributed by atoms with Gasteiger partial charge in [0.1, 0.15) is 0 Å². The first-order chi connectivity index (χ1) is 8.91. The van der Waals surface area contributed by atoms with Gasteiger partial charge in [0.25, 0.3) is 0 Å². The quantitative estimate of drug-likeness (QED) is 0.446. The maximum atomic E-state index is 7.50. The summed E-state index contributed by atoms with van der Waals surface area (Å²) < 4.78 is 15.0. The fourth-order valence-electron chi connectivity index (χ4n) is 0.812. The van der Waals surface area contributed by atoms with E-state index < -0.39 is 0 Å². The summed E-state index contributed by atoms with van der Waals surface area (Å²) >= 11 is 0. The van der Waals surface area contributed by atoms with Gasteiger partial charge in [0.2, 0.25) is 0 Å². The zero-order valence-electron chi connectivity index (χ0n) is 11.5. The molecule has 0 fully saturated rings. The van der Waals surface area contributed by atoms with Crippen molar-refractivity contribution in [3.05, 3.63) is 49.7 Å². The van der Waals surface area contributed by atoms with Gasteiger partial charge in [-0.2, -0.15) is 0 Å². The summed E-state index contributed by atoms with van der Waals surface area (Å²) in [5.74, 6) is 6.17. The van der Waals surface area contributed by atoms with Gasteiger partial charge in [0.05, 0.1) is 0 Å². The minimum Gasteiger partial charge on any atom is -0.0623 e. The van der Waals surface area contributed by atoms with Gasteiger partial charge in [-0.25, -0.2) is 0 Å². The molecule has 102 valence electrons. The molecule has 2 nitrogen and oxygen atoms in total. The van der Waals surface area contributed by atoms with E-state index in [1.54, 1.807) is 0 Å². The van der Waals surface area contributed by atoms with Crippen molar-refractivity contribution in [2.24, 2.45) is 0 Å². The largest absolute Gasteiger partial charge is 0.0623 e. The molecule has 19 heavy (non-hydrogen) atoms. The minimum atomic E-state index is 0. The van der Waals surface area contributed by atoms with Gasteiger partial charge in [-0.05, 0) is 12.8 Å². The first-order valence-electron chi connectivity index (χ1n) is 5.78. The Labute approximate surface area is 128 Å². The SMILES string of the molecule is CCCC#CCCC.[C-]#[O+].[C-]#[O+].[Cr].c1ccccc1. The van der Waals surface area contributed by atoms with Crippen molar-refractivity contribution in [2.45, 2.75) is 39.5 Å². The Kier molecular flexibility index (Phi) is 49.9. The molecule has 3 heteroatoms. The van der Waals surface area contributed by atoms with Crippen LogP contribution in [0.4, 0.5) is 0 Å². The van der Waals surface area contributed by atoms with E-state index in [9.17, 15) is 0 Å². The molecular formula is C16H20CrO2. The molecule has 0 bridgehead atoms. The van der Waals surface area contributed by atoms with Crippen molar-refractivity contribution in [1.82, 2.24) is 0 Å². The maximum absolute atomic E-state index is 7.50. The molecule has 0 saturated heterocycles. The van der Waals surface area contributed by atoms with Crippen LogP contribution >= 0.6 is 0 Å². The van der Waals surface area contributed by atoms with Gasteiger partial charge >= 0.3 is 22.6 Å². The van der Waals surface area contributed by atoms with Gasteiger partial charge in [-0.15, -0.1) is 11.8 Å². The normalized spacial score (nSPS) is 6.00. The van der Waals surface area contributed by atoms with E-state index in [1.165, 1.54) is 12.8 Å². The standard InChI is InChI=1S/C8H14.C6H6.2CO.Cr/c1-3-5-7-8-6-4-2;1-2-4-6-5-3-1;2*1-2;/h3-6H2,1-2H3;1-6H;;;. The molecule has 0 aliphatic carbocycles. The second-order valence-corrected chi connectivity index (χ2v) is 3.01. The topological polar surface area (TPSA) is 39.8 Å². The molecule has 0 saturated carbocycles. The van der Waals surface area contributed by atoms with Crippen LogP contribution in [0, 0.1) is 25.1 Å². The number of benzene rings is 1. The Bertz CT molecular complexity index is 277. The zero-order chi connectivity index (χ0) is 14.5. The summed E-state index contributed by atoms with van der Waals surface area (Å²) in [6.45, 7) is 13.3. The van der Waals surface area contributed by atoms with Crippen molar-refractivity contribution in [3.8, 4) is 11.8 Å². The average Bonchev–Trinajstić information content (AvgIpc) is 2.50. The third kappa shape index (κ3) is 38.3. The summed E-state index contributed by atoms with van der Waals surface area (Å²) in [6.07, 6.45) is 4.52. The monoisotopic (exact) mass is 296 g/mol. The molecule has 0 aliphatic heterocycles. The minimum absolute atomic E-state index is 0. The van der Waals surface area contributed by atoms with Crippen LogP contribution in [0.3, 0.4) is 0 Å². The summed E-state index contributed by atoms with van der Waals surface area (Å²) in [5, 5.41) is 0. The number of hydrogen-bond donors (Lipinski definition) is 0. The second-order valence-electron chi connectivity index (χ2n) is 3.01. The molecule has 0 unspecified atom stereocenters. The Morgan fingerprint density at radius 3 is 1.05 bits per heavy atom. The fourth-order valence-corrected chi connectivity index (χ4v) is 0.812. The number of rotatable bonds is 2. The Morgan fingerprint density at radius 2 is 0.895 bits per heavy atom. The van der Waals surface area contributed by atoms with Crippen molar-refractivity contribution < 1.29 is 26.7 Å². The maximum Gasteiger partial charge on any atom is 0 e. The van der Waals surface area contributed by atoms with E-state index >= 15 is 0 Å². The molecule has 0 radical (unpaired) electrons. The van der Waals surface area contributed by atoms with Crippen LogP contribution in [-0.4, -0.2) is 0 Å². The van der Waals surface area contributed by atoms with Crippen LogP contribution < -0.4 is 0 Å². The molecule has 0 heterocycles. The molecule has 0 spiro atoms. The van der Waals surface area contributed by atoms with Crippen molar-refractivity contribution >= 4 is 0 Å². The van der Waals surface area contributed by atoms with Gasteiger partial charge in [0.15, 0.2) is 0 Å². The summed E-state index contributed by atoms with van der Waals surface area (Å²) in [7, 11) is 0. The smallest absolute Gasteiger partial charge is 0 e. The molecule has 0 aromatic heterocycles. The van der Waals surface area contributed by atoms with Gasteiger partial charge in [0, 0.05) is 30.2 Å². The predicted molar refractivity (Wildman–Crippen MR) is 71.9 cm³/mol. The van der Waals surface area contributed by atoms with Crippen molar-refractivity contribution in [2.75, 3.05) is 0 Å².